The van der Waals surface area contributed by atoms with E-state index in [2.05, 4.69) is 26.8 Å². The topological polar surface area (TPSA) is 26.3 Å². The van der Waals surface area contributed by atoms with Crippen molar-refractivity contribution in [3.63, 3.8) is 0 Å². The van der Waals surface area contributed by atoms with E-state index in [0.29, 0.717) is 12.0 Å². The molecule has 2 atom stereocenters. The normalized spacial score (nSPS) is 28.2. The van der Waals surface area contributed by atoms with Crippen molar-refractivity contribution >= 4 is 5.97 Å². The number of rotatable bonds is 4. The Morgan fingerprint density at radius 2 is 2.00 bits per heavy atom. The number of carbonyl (C=O) groups is 1. The lowest BCUT2D eigenvalue weighted by molar-refractivity contribution is -0.139. The van der Waals surface area contributed by atoms with Gasteiger partial charge in [0.2, 0.25) is 0 Å². The molecule has 0 spiro atoms. The number of carbonyl (C=O) groups excluding carboxylic acids is 1. The third-order valence-corrected chi connectivity index (χ3v) is 4.52. The van der Waals surface area contributed by atoms with Crippen LogP contribution in [-0.2, 0) is 9.53 Å². The second-order valence-corrected chi connectivity index (χ2v) is 6.06. The molecular formula is C15H26O2. The van der Waals surface area contributed by atoms with Crippen LogP contribution in [0, 0.1) is 17.3 Å². The number of hydrogen-bond donors (Lipinski definition) is 0. The van der Waals surface area contributed by atoms with Crippen LogP contribution in [-0.4, -0.2) is 12.6 Å². The number of hydrogen-bond acceptors (Lipinski definition) is 2. The van der Waals surface area contributed by atoms with Crippen LogP contribution in [0.4, 0.5) is 0 Å². The van der Waals surface area contributed by atoms with E-state index in [1.165, 1.54) is 19.8 Å². The number of esters is 1. The van der Waals surface area contributed by atoms with Crippen LogP contribution in [0.2, 0.25) is 0 Å². The summed E-state index contributed by atoms with van der Waals surface area (Å²) in [6.07, 6.45) is 6.03. The second-order valence-electron chi connectivity index (χ2n) is 6.06. The molecule has 0 aromatic heterocycles. The molecule has 1 aliphatic carbocycles. The minimum Gasteiger partial charge on any atom is -0.461 e. The van der Waals surface area contributed by atoms with Crippen molar-refractivity contribution in [1.29, 1.82) is 0 Å². The standard InChI is InChI=1S/C15H26O2/c1-11(10-17-13(3)16)6-8-14-9-7-12(2)15(14,4)5/h6,12,14H,7-10H2,1-5H3/b11-6+. The molecule has 1 saturated carbocycles. The Bertz CT molecular complexity index is 302. The Hall–Kier alpha value is -0.790. The van der Waals surface area contributed by atoms with E-state index in [4.69, 9.17) is 4.74 Å². The van der Waals surface area contributed by atoms with Gasteiger partial charge in [0.1, 0.15) is 6.61 Å². The molecule has 98 valence electrons. The van der Waals surface area contributed by atoms with Gasteiger partial charge < -0.3 is 4.74 Å². The van der Waals surface area contributed by atoms with E-state index in [1.54, 1.807) is 0 Å². The van der Waals surface area contributed by atoms with Gasteiger partial charge in [0.15, 0.2) is 0 Å². The molecule has 0 bridgehead atoms. The van der Waals surface area contributed by atoms with Crippen LogP contribution in [0.15, 0.2) is 11.6 Å². The van der Waals surface area contributed by atoms with Crippen molar-refractivity contribution in [3.8, 4) is 0 Å². The van der Waals surface area contributed by atoms with Gasteiger partial charge >= 0.3 is 5.97 Å². The Labute approximate surface area is 105 Å². The lowest BCUT2D eigenvalue weighted by Crippen LogP contribution is -2.22. The van der Waals surface area contributed by atoms with Gasteiger partial charge in [-0.2, -0.15) is 0 Å². The lowest BCUT2D eigenvalue weighted by atomic mass is 9.75. The van der Waals surface area contributed by atoms with Crippen LogP contribution in [0.5, 0.6) is 0 Å². The SMILES string of the molecule is CC(=O)OC/C(C)=C/CC1CCC(C)C1(C)C. The fraction of sp³-hybridized carbons (Fsp3) is 0.800. The maximum absolute atomic E-state index is 10.7. The van der Waals surface area contributed by atoms with E-state index in [-0.39, 0.29) is 5.97 Å². The predicted octanol–water partition coefficient (Wildman–Crippen LogP) is 3.96. The lowest BCUT2D eigenvalue weighted by Gasteiger charge is -2.30. The van der Waals surface area contributed by atoms with E-state index in [1.807, 2.05) is 6.92 Å². The zero-order valence-electron chi connectivity index (χ0n) is 11.9. The first-order valence-electron chi connectivity index (χ1n) is 6.63. The van der Waals surface area contributed by atoms with Crippen molar-refractivity contribution in [2.24, 2.45) is 17.3 Å². The average Bonchev–Trinajstić information content (AvgIpc) is 2.49. The Morgan fingerprint density at radius 3 is 2.47 bits per heavy atom. The van der Waals surface area contributed by atoms with E-state index >= 15 is 0 Å². The molecule has 2 heteroatoms. The highest BCUT2D eigenvalue weighted by molar-refractivity contribution is 5.66. The minimum atomic E-state index is -0.201. The first-order chi connectivity index (χ1) is 7.84. The zero-order chi connectivity index (χ0) is 13.1. The van der Waals surface area contributed by atoms with Gasteiger partial charge in [-0.05, 0) is 49.0 Å². The quantitative estimate of drug-likeness (QED) is 0.547. The summed E-state index contributed by atoms with van der Waals surface area (Å²) in [7, 11) is 0. The minimum absolute atomic E-state index is 0.201. The van der Waals surface area contributed by atoms with Crippen LogP contribution >= 0.6 is 0 Å². The van der Waals surface area contributed by atoms with Crippen molar-refractivity contribution < 1.29 is 9.53 Å². The fourth-order valence-corrected chi connectivity index (χ4v) is 2.64. The van der Waals surface area contributed by atoms with Gasteiger partial charge in [-0.3, -0.25) is 4.79 Å². The zero-order valence-corrected chi connectivity index (χ0v) is 11.9. The molecule has 0 aromatic carbocycles. The third kappa shape index (κ3) is 3.86. The van der Waals surface area contributed by atoms with Crippen LogP contribution in [0.25, 0.3) is 0 Å². The summed E-state index contributed by atoms with van der Waals surface area (Å²) < 4.78 is 4.98. The summed E-state index contributed by atoms with van der Waals surface area (Å²) in [5.41, 5.74) is 1.61. The molecule has 0 heterocycles. The van der Waals surface area contributed by atoms with E-state index < -0.39 is 0 Å². The van der Waals surface area contributed by atoms with Gasteiger partial charge in [0.25, 0.3) is 0 Å². The molecule has 1 fully saturated rings. The van der Waals surface area contributed by atoms with E-state index in [9.17, 15) is 4.79 Å². The van der Waals surface area contributed by atoms with Gasteiger partial charge in [0.05, 0.1) is 0 Å². The highest BCUT2D eigenvalue weighted by Crippen LogP contribution is 2.48. The van der Waals surface area contributed by atoms with Crippen LogP contribution in [0.3, 0.4) is 0 Å². The summed E-state index contributed by atoms with van der Waals surface area (Å²) >= 11 is 0. The van der Waals surface area contributed by atoms with Crippen molar-refractivity contribution in [2.45, 2.75) is 53.9 Å². The van der Waals surface area contributed by atoms with Gasteiger partial charge in [0, 0.05) is 6.92 Å². The molecule has 2 unspecified atom stereocenters. The van der Waals surface area contributed by atoms with Crippen LogP contribution < -0.4 is 0 Å². The summed E-state index contributed by atoms with van der Waals surface area (Å²) in [6, 6.07) is 0. The predicted molar refractivity (Wildman–Crippen MR) is 70.7 cm³/mol. The molecule has 17 heavy (non-hydrogen) atoms. The van der Waals surface area contributed by atoms with Crippen LogP contribution in [0.1, 0.15) is 53.9 Å². The Morgan fingerprint density at radius 1 is 1.35 bits per heavy atom. The average molecular weight is 238 g/mol. The van der Waals surface area contributed by atoms with Crippen molar-refractivity contribution in [2.75, 3.05) is 6.61 Å². The van der Waals surface area contributed by atoms with Gasteiger partial charge in [-0.1, -0.05) is 26.8 Å². The number of allylic oxidation sites excluding steroid dienone is 1. The molecule has 1 aliphatic rings. The smallest absolute Gasteiger partial charge is 0.302 e. The first kappa shape index (κ1) is 14.3. The molecule has 0 aromatic rings. The molecule has 0 N–H and O–H groups in total. The number of ether oxygens (including phenoxy) is 1. The fourth-order valence-electron chi connectivity index (χ4n) is 2.64. The largest absolute Gasteiger partial charge is 0.461 e. The Balaban J connectivity index is 2.45. The summed E-state index contributed by atoms with van der Waals surface area (Å²) in [6.45, 7) is 11.0. The molecule has 2 nitrogen and oxygen atoms in total. The highest BCUT2D eigenvalue weighted by atomic mass is 16.5. The maximum Gasteiger partial charge on any atom is 0.302 e. The summed E-state index contributed by atoms with van der Waals surface area (Å²) in [5, 5.41) is 0. The monoisotopic (exact) mass is 238 g/mol. The molecule has 0 radical (unpaired) electrons. The second kappa shape index (κ2) is 5.70. The highest BCUT2D eigenvalue weighted by Gasteiger charge is 2.39. The summed E-state index contributed by atoms with van der Waals surface area (Å²) in [5.74, 6) is 1.38. The van der Waals surface area contributed by atoms with Gasteiger partial charge in [-0.25, -0.2) is 0 Å². The van der Waals surface area contributed by atoms with E-state index in [0.717, 1.165) is 23.8 Å². The Kier molecular flexibility index (Phi) is 4.79. The third-order valence-electron chi connectivity index (χ3n) is 4.52. The maximum atomic E-state index is 10.7. The molecule has 0 saturated heterocycles. The molecule has 1 rings (SSSR count). The van der Waals surface area contributed by atoms with Gasteiger partial charge in [-0.15, -0.1) is 0 Å². The van der Waals surface area contributed by atoms with Crippen molar-refractivity contribution in [1.82, 2.24) is 0 Å². The first-order valence-corrected chi connectivity index (χ1v) is 6.63. The molecule has 0 aliphatic heterocycles. The molecular weight excluding hydrogens is 212 g/mol. The van der Waals surface area contributed by atoms with Crippen molar-refractivity contribution in [3.05, 3.63) is 11.6 Å². The summed E-state index contributed by atoms with van der Waals surface area (Å²) in [4.78, 5) is 10.7. The molecule has 0 amide bonds.